The first kappa shape index (κ1) is 19.4. The highest BCUT2D eigenvalue weighted by molar-refractivity contribution is 5.89. The highest BCUT2D eigenvalue weighted by atomic mass is 16.6. The van der Waals surface area contributed by atoms with E-state index in [-0.39, 0.29) is 13.0 Å². The van der Waals surface area contributed by atoms with Crippen LogP contribution in [-0.2, 0) is 28.5 Å². The van der Waals surface area contributed by atoms with Crippen LogP contribution in [0.25, 0.3) is 0 Å². The van der Waals surface area contributed by atoms with E-state index in [9.17, 15) is 19.6 Å². The van der Waals surface area contributed by atoms with Gasteiger partial charge in [0.1, 0.15) is 24.9 Å². The Morgan fingerprint density at radius 3 is 2.42 bits per heavy atom. The zero-order valence-electron chi connectivity index (χ0n) is 14.4. The van der Waals surface area contributed by atoms with Gasteiger partial charge in [-0.1, -0.05) is 18.2 Å². The minimum Gasteiger partial charge on any atom is -0.463 e. The number of rotatable bonds is 5. The van der Waals surface area contributed by atoms with E-state index in [0.717, 1.165) is 0 Å². The van der Waals surface area contributed by atoms with E-state index in [1.807, 2.05) is 6.07 Å². The van der Waals surface area contributed by atoms with Crippen LogP contribution in [0.2, 0.25) is 0 Å². The summed E-state index contributed by atoms with van der Waals surface area (Å²) < 4.78 is 21.1. The van der Waals surface area contributed by atoms with Crippen molar-refractivity contribution < 1.29 is 33.3 Å². The summed E-state index contributed by atoms with van der Waals surface area (Å²) >= 11 is 0. The molecule has 1 heterocycles. The van der Waals surface area contributed by atoms with E-state index in [4.69, 9.17) is 18.9 Å². The maximum atomic E-state index is 12.3. The zero-order chi connectivity index (χ0) is 19.1. The predicted molar refractivity (Wildman–Crippen MR) is 86.7 cm³/mol. The molecule has 1 aliphatic rings. The van der Waals surface area contributed by atoms with Gasteiger partial charge in [-0.15, -0.1) is 0 Å². The van der Waals surface area contributed by atoms with Crippen LogP contribution < -0.4 is 0 Å². The Kier molecular flexibility index (Phi) is 6.69. The van der Waals surface area contributed by atoms with Crippen LogP contribution >= 0.6 is 0 Å². The van der Waals surface area contributed by atoms with Crippen LogP contribution in [-0.4, -0.2) is 48.9 Å². The molecule has 4 atom stereocenters. The number of hydrogen-bond acceptors (Lipinski definition) is 8. The van der Waals surface area contributed by atoms with Crippen LogP contribution in [0.3, 0.4) is 0 Å². The molecular weight excluding hydrogens is 342 g/mol. The topological polar surface area (TPSA) is 112 Å². The van der Waals surface area contributed by atoms with Gasteiger partial charge in [0.25, 0.3) is 0 Å². The average Bonchev–Trinajstić information content (AvgIpc) is 2.61. The Morgan fingerprint density at radius 1 is 1.15 bits per heavy atom. The van der Waals surface area contributed by atoms with Crippen LogP contribution in [0, 0.1) is 11.3 Å². The molecule has 1 aliphatic heterocycles. The Balaban J connectivity index is 2.20. The third-order valence-electron chi connectivity index (χ3n) is 3.68. The maximum absolute atomic E-state index is 12.3. The summed E-state index contributed by atoms with van der Waals surface area (Å²) in [5.74, 6) is -1.77. The SMILES string of the molecule is CC(=O)OC[C@H]1O[C@H](C#N)C[C@H](OC(=O)c2ccccc2)[C@@H]1OC(C)=O. The number of esters is 3. The number of carbonyl (C=O) groups excluding carboxylic acids is 3. The van der Waals surface area contributed by atoms with Crippen molar-refractivity contribution in [3.63, 3.8) is 0 Å². The summed E-state index contributed by atoms with van der Waals surface area (Å²) in [6.07, 6.45) is -3.69. The third kappa shape index (κ3) is 5.29. The lowest BCUT2D eigenvalue weighted by molar-refractivity contribution is -0.198. The number of carbonyl (C=O) groups is 3. The summed E-state index contributed by atoms with van der Waals surface area (Å²) in [6, 6.07) is 10.2. The van der Waals surface area contributed by atoms with Gasteiger partial charge in [-0.2, -0.15) is 5.26 Å². The van der Waals surface area contributed by atoms with Gasteiger partial charge in [0.15, 0.2) is 6.10 Å². The van der Waals surface area contributed by atoms with Crippen LogP contribution in [0.4, 0.5) is 0 Å². The third-order valence-corrected chi connectivity index (χ3v) is 3.68. The molecule has 1 aromatic rings. The summed E-state index contributed by atoms with van der Waals surface area (Å²) in [5.41, 5.74) is 0.325. The fourth-order valence-corrected chi connectivity index (χ4v) is 2.58. The van der Waals surface area contributed by atoms with Crippen LogP contribution in [0.15, 0.2) is 30.3 Å². The molecule has 8 heteroatoms. The smallest absolute Gasteiger partial charge is 0.338 e. The standard InChI is InChI=1S/C18H19NO7/c1-11(20)23-10-16-17(24-12(2)21)15(8-14(9-19)25-16)26-18(22)13-6-4-3-5-7-13/h3-7,14-17H,8,10H2,1-2H3/t14-,15-,16+,17-/m0/s1. The highest BCUT2D eigenvalue weighted by Gasteiger charge is 2.44. The summed E-state index contributed by atoms with van der Waals surface area (Å²) in [6.45, 7) is 2.19. The minimum absolute atomic E-state index is 0.0313. The lowest BCUT2D eigenvalue weighted by Gasteiger charge is -2.38. The molecule has 138 valence electrons. The van der Waals surface area contributed by atoms with E-state index < -0.39 is 42.3 Å². The minimum atomic E-state index is -0.996. The van der Waals surface area contributed by atoms with E-state index in [2.05, 4.69) is 0 Å². The fraction of sp³-hybridized carbons (Fsp3) is 0.444. The Labute approximate surface area is 150 Å². The molecule has 1 fully saturated rings. The van der Waals surface area contributed by atoms with Gasteiger partial charge in [-0.3, -0.25) is 9.59 Å². The molecule has 8 nitrogen and oxygen atoms in total. The van der Waals surface area contributed by atoms with Gasteiger partial charge in [0.2, 0.25) is 0 Å². The Bertz CT molecular complexity index is 697. The van der Waals surface area contributed by atoms with E-state index in [0.29, 0.717) is 5.56 Å². The monoisotopic (exact) mass is 361 g/mol. The molecule has 0 bridgehead atoms. The molecule has 0 unspecified atom stereocenters. The molecule has 0 saturated carbocycles. The molecule has 0 spiro atoms. The second-order valence-corrected chi connectivity index (χ2v) is 5.71. The molecule has 0 radical (unpaired) electrons. The van der Waals surface area contributed by atoms with Crippen molar-refractivity contribution in [2.24, 2.45) is 0 Å². The van der Waals surface area contributed by atoms with Gasteiger partial charge in [0.05, 0.1) is 11.6 Å². The van der Waals surface area contributed by atoms with Crippen molar-refractivity contribution in [1.82, 2.24) is 0 Å². The zero-order valence-corrected chi connectivity index (χ0v) is 14.4. The predicted octanol–water partition coefficient (Wildman–Crippen LogP) is 1.39. The summed E-state index contributed by atoms with van der Waals surface area (Å²) in [4.78, 5) is 34.9. The fourth-order valence-electron chi connectivity index (χ4n) is 2.58. The van der Waals surface area contributed by atoms with Gasteiger partial charge >= 0.3 is 17.9 Å². The normalized spacial score (nSPS) is 24.8. The first-order chi connectivity index (χ1) is 12.4. The number of benzene rings is 1. The van der Waals surface area contributed by atoms with Crippen LogP contribution in [0.1, 0.15) is 30.6 Å². The highest BCUT2D eigenvalue weighted by Crippen LogP contribution is 2.26. The second kappa shape index (κ2) is 8.97. The van der Waals surface area contributed by atoms with E-state index >= 15 is 0 Å². The van der Waals surface area contributed by atoms with Gasteiger partial charge in [-0.05, 0) is 12.1 Å². The van der Waals surface area contributed by atoms with Crippen molar-refractivity contribution in [2.45, 2.75) is 44.7 Å². The van der Waals surface area contributed by atoms with E-state index in [1.165, 1.54) is 13.8 Å². The molecule has 26 heavy (non-hydrogen) atoms. The molecule has 1 aromatic carbocycles. The maximum Gasteiger partial charge on any atom is 0.338 e. The summed E-state index contributed by atoms with van der Waals surface area (Å²) in [5, 5.41) is 9.19. The quantitative estimate of drug-likeness (QED) is 0.571. The van der Waals surface area contributed by atoms with Gasteiger partial charge in [0, 0.05) is 20.3 Å². The number of nitriles is 1. The second-order valence-electron chi connectivity index (χ2n) is 5.71. The molecular formula is C18H19NO7. The first-order valence-electron chi connectivity index (χ1n) is 8.02. The Morgan fingerprint density at radius 2 is 1.85 bits per heavy atom. The molecule has 0 N–H and O–H groups in total. The van der Waals surface area contributed by atoms with Gasteiger partial charge in [-0.25, -0.2) is 4.79 Å². The molecule has 1 saturated heterocycles. The number of hydrogen-bond donors (Lipinski definition) is 0. The van der Waals surface area contributed by atoms with Gasteiger partial charge < -0.3 is 18.9 Å². The lowest BCUT2D eigenvalue weighted by Crippen LogP contribution is -2.53. The summed E-state index contributed by atoms with van der Waals surface area (Å²) in [7, 11) is 0. The first-order valence-corrected chi connectivity index (χ1v) is 8.02. The molecule has 0 amide bonds. The van der Waals surface area contributed by atoms with Crippen molar-refractivity contribution in [3.8, 4) is 6.07 Å². The van der Waals surface area contributed by atoms with Crippen molar-refractivity contribution in [3.05, 3.63) is 35.9 Å². The molecule has 2 rings (SSSR count). The van der Waals surface area contributed by atoms with E-state index in [1.54, 1.807) is 30.3 Å². The average molecular weight is 361 g/mol. The number of ether oxygens (including phenoxy) is 4. The van der Waals surface area contributed by atoms with Crippen LogP contribution in [0.5, 0.6) is 0 Å². The molecule has 0 aliphatic carbocycles. The Hall–Kier alpha value is -2.92. The number of nitrogens with zero attached hydrogens (tertiary/aromatic N) is 1. The van der Waals surface area contributed by atoms with Crippen molar-refractivity contribution >= 4 is 17.9 Å². The van der Waals surface area contributed by atoms with Crippen molar-refractivity contribution in [2.75, 3.05) is 6.61 Å². The lowest BCUT2D eigenvalue weighted by atomic mass is 9.98. The largest absolute Gasteiger partial charge is 0.463 e. The molecule has 0 aromatic heterocycles. The van der Waals surface area contributed by atoms with Crippen molar-refractivity contribution in [1.29, 1.82) is 5.26 Å².